The second-order valence-corrected chi connectivity index (χ2v) is 4.87. The van der Waals surface area contributed by atoms with E-state index in [9.17, 15) is 0 Å². The van der Waals surface area contributed by atoms with Gasteiger partial charge in [-0.1, -0.05) is 6.07 Å². The normalized spacial score (nSPS) is 13.7. The molecule has 1 aromatic carbocycles. The lowest BCUT2D eigenvalue weighted by Gasteiger charge is -2.16. The molecule has 0 unspecified atom stereocenters. The Labute approximate surface area is 113 Å². The standard InChI is InChI=1S/C16H18N2O/c1-17-16-11-15(8-9-18-16)19-14-7-6-12-4-2-3-5-13(12)10-14/h6-11H,2-5H2,1H3,(H,17,18). The molecule has 0 fully saturated rings. The Morgan fingerprint density at radius 2 is 1.79 bits per heavy atom. The van der Waals surface area contributed by atoms with Gasteiger partial charge in [0, 0.05) is 19.3 Å². The Bertz CT molecular complexity index is 581. The summed E-state index contributed by atoms with van der Waals surface area (Å²) in [5, 5.41) is 3.01. The van der Waals surface area contributed by atoms with Gasteiger partial charge in [0.1, 0.15) is 17.3 Å². The summed E-state index contributed by atoms with van der Waals surface area (Å²) < 4.78 is 5.91. The monoisotopic (exact) mass is 254 g/mol. The molecule has 1 N–H and O–H groups in total. The van der Waals surface area contributed by atoms with Crippen LogP contribution in [0.5, 0.6) is 11.5 Å². The van der Waals surface area contributed by atoms with E-state index in [1.165, 1.54) is 36.8 Å². The number of nitrogens with one attached hydrogen (secondary N) is 1. The van der Waals surface area contributed by atoms with Crippen molar-refractivity contribution >= 4 is 5.82 Å². The molecule has 98 valence electrons. The van der Waals surface area contributed by atoms with Crippen LogP contribution in [0.2, 0.25) is 0 Å². The summed E-state index contributed by atoms with van der Waals surface area (Å²) in [6, 6.07) is 10.2. The Morgan fingerprint density at radius 1 is 1.00 bits per heavy atom. The molecular formula is C16H18N2O. The molecule has 0 radical (unpaired) electrons. The molecule has 0 aliphatic heterocycles. The maximum atomic E-state index is 5.91. The number of benzene rings is 1. The Hall–Kier alpha value is -2.03. The van der Waals surface area contributed by atoms with Gasteiger partial charge in [0.15, 0.2) is 0 Å². The highest BCUT2D eigenvalue weighted by molar-refractivity contribution is 5.43. The van der Waals surface area contributed by atoms with E-state index in [4.69, 9.17) is 4.74 Å². The predicted octanol–water partition coefficient (Wildman–Crippen LogP) is 3.79. The zero-order valence-corrected chi connectivity index (χ0v) is 11.1. The fraction of sp³-hybridized carbons (Fsp3) is 0.312. The minimum absolute atomic E-state index is 0.815. The number of pyridine rings is 1. The van der Waals surface area contributed by atoms with Crippen LogP contribution in [0.1, 0.15) is 24.0 Å². The third-order valence-corrected chi connectivity index (χ3v) is 3.54. The first-order valence-corrected chi connectivity index (χ1v) is 6.78. The molecule has 3 nitrogen and oxygen atoms in total. The van der Waals surface area contributed by atoms with Gasteiger partial charge in [-0.15, -0.1) is 0 Å². The lowest BCUT2D eigenvalue weighted by Crippen LogP contribution is -2.02. The van der Waals surface area contributed by atoms with Crippen molar-refractivity contribution < 1.29 is 4.74 Å². The van der Waals surface area contributed by atoms with Gasteiger partial charge in [-0.25, -0.2) is 4.98 Å². The molecule has 0 saturated carbocycles. The molecule has 3 heteroatoms. The molecule has 1 heterocycles. The highest BCUT2D eigenvalue weighted by Crippen LogP contribution is 2.28. The highest BCUT2D eigenvalue weighted by atomic mass is 16.5. The second kappa shape index (κ2) is 5.31. The van der Waals surface area contributed by atoms with Crippen molar-refractivity contribution in [3.8, 4) is 11.5 Å². The summed E-state index contributed by atoms with van der Waals surface area (Å²) in [5.74, 6) is 2.54. The summed E-state index contributed by atoms with van der Waals surface area (Å²) >= 11 is 0. The first-order valence-electron chi connectivity index (χ1n) is 6.78. The van der Waals surface area contributed by atoms with E-state index in [1.54, 1.807) is 6.20 Å². The average Bonchev–Trinajstić information content (AvgIpc) is 2.47. The van der Waals surface area contributed by atoms with Gasteiger partial charge in [-0.2, -0.15) is 0 Å². The smallest absolute Gasteiger partial charge is 0.132 e. The Morgan fingerprint density at radius 3 is 2.63 bits per heavy atom. The number of nitrogens with zero attached hydrogens (tertiary/aromatic N) is 1. The van der Waals surface area contributed by atoms with Crippen molar-refractivity contribution in [2.45, 2.75) is 25.7 Å². The molecule has 0 spiro atoms. The Kier molecular flexibility index (Phi) is 3.36. The molecule has 1 aliphatic rings. The first-order chi connectivity index (χ1) is 9.35. The Balaban J connectivity index is 1.82. The lowest BCUT2D eigenvalue weighted by molar-refractivity contribution is 0.480. The van der Waals surface area contributed by atoms with E-state index in [0.29, 0.717) is 0 Å². The van der Waals surface area contributed by atoms with Crippen LogP contribution in [0.25, 0.3) is 0 Å². The van der Waals surface area contributed by atoms with Crippen LogP contribution in [0, 0.1) is 0 Å². The van der Waals surface area contributed by atoms with Crippen LogP contribution in [0.4, 0.5) is 5.82 Å². The fourth-order valence-electron chi connectivity index (χ4n) is 2.52. The van der Waals surface area contributed by atoms with E-state index in [2.05, 4.69) is 28.5 Å². The van der Waals surface area contributed by atoms with Gasteiger partial charge in [0.2, 0.25) is 0 Å². The van der Waals surface area contributed by atoms with Crippen molar-refractivity contribution in [2.75, 3.05) is 12.4 Å². The van der Waals surface area contributed by atoms with Crippen molar-refractivity contribution in [2.24, 2.45) is 0 Å². The quantitative estimate of drug-likeness (QED) is 0.904. The molecule has 0 atom stereocenters. The molecular weight excluding hydrogens is 236 g/mol. The summed E-state index contributed by atoms with van der Waals surface area (Å²) in [7, 11) is 1.85. The molecule has 0 saturated heterocycles. The summed E-state index contributed by atoms with van der Waals surface area (Å²) in [4.78, 5) is 4.18. The summed E-state index contributed by atoms with van der Waals surface area (Å²) in [5.41, 5.74) is 2.91. The van der Waals surface area contributed by atoms with Gasteiger partial charge in [-0.3, -0.25) is 0 Å². The van der Waals surface area contributed by atoms with Crippen LogP contribution in [-0.2, 0) is 12.8 Å². The van der Waals surface area contributed by atoms with Gasteiger partial charge >= 0.3 is 0 Å². The minimum atomic E-state index is 0.815. The lowest BCUT2D eigenvalue weighted by atomic mass is 9.92. The number of aromatic nitrogens is 1. The number of hydrogen-bond acceptors (Lipinski definition) is 3. The third-order valence-electron chi connectivity index (χ3n) is 3.54. The van der Waals surface area contributed by atoms with E-state index in [-0.39, 0.29) is 0 Å². The van der Waals surface area contributed by atoms with Crippen LogP contribution in [-0.4, -0.2) is 12.0 Å². The van der Waals surface area contributed by atoms with Crippen molar-refractivity contribution in [3.05, 3.63) is 47.7 Å². The van der Waals surface area contributed by atoms with Gasteiger partial charge in [-0.05, 0) is 55.0 Å². The molecule has 0 bridgehead atoms. The van der Waals surface area contributed by atoms with Gasteiger partial charge < -0.3 is 10.1 Å². The number of aryl methyl sites for hydroxylation is 2. The van der Waals surface area contributed by atoms with E-state index < -0.39 is 0 Å². The van der Waals surface area contributed by atoms with Crippen molar-refractivity contribution in [1.82, 2.24) is 4.98 Å². The molecule has 0 amide bonds. The van der Waals surface area contributed by atoms with E-state index in [0.717, 1.165) is 17.3 Å². The van der Waals surface area contributed by atoms with Crippen LogP contribution in [0.15, 0.2) is 36.5 Å². The van der Waals surface area contributed by atoms with Crippen LogP contribution < -0.4 is 10.1 Å². The van der Waals surface area contributed by atoms with E-state index in [1.807, 2.05) is 19.2 Å². The zero-order valence-electron chi connectivity index (χ0n) is 11.1. The highest BCUT2D eigenvalue weighted by Gasteiger charge is 2.10. The molecule has 3 rings (SSSR count). The second-order valence-electron chi connectivity index (χ2n) is 4.87. The van der Waals surface area contributed by atoms with Gasteiger partial charge in [0.05, 0.1) is 0 Å². The minimum Gasteiger partial charge on any atom is -0.457 e. The molecule has 19 heavy (non-hydrogen) atoms. The summed E-state index contributed by atoms with van der Waals surface area (Å²) in [6.07, 6.45) is 6.72. The first kappa shape index (κ1) is 12.0. The topological polar surface area (TPSA) is 34.1 Å². The third kappa shape index (κ3) is 2.70. The maximum Gasteiger partial charge on any atom is 0.132 e. The molecule has 1 aliphatic carbocycles. The number of rotatable bonds is 3. The average molecular weight is 254 g/mol. The number of hydrogen-bond donors (Lipinski definition) is 1. The molecule has 2 aromatic rings. The predicted molar refractivity (Wildman–Crippen MR) is 76.9 cm³/mol. The van der Waals surface area contributed by atoms with Crippen LogP contribution in [0.3, 0.4) is 0 Å². The molecule has 1 aromatic heterocycles. The van der Waals surface area contributed by atoms with Crippen molar-refractivity contribution in [1.29, 1.82) is 0 Å². The van der Waals surface area contributed by atoms with Crippen molar-refractivity contribution in [3.63, 3.8) is 0 Å². The zero-order chi connectivity index (χ0) is 13.1. The number of ether oxygens (including phenoxy) is 1. The fourth-order valence-corrected chi connectivity index (χ4v) is 2.52. The van der Waals surface area contributed by atoms with E-state index >= 15 is 0 Å². The number of anilines is 1. The number of fused-ring (bicyclic) bond motifs is 1. The van der Waals surface area contributed by atoms with Crippen LogP contribution >= 0.6 is 0 Å². The SMILES string of the molecule is CNc1cc(Oc2ccc3c(c2)CCCC3)ccn1. The largest absolute Gasteiger partial charge is 0.457 e. The van der Waals surface area contributed by atoms with Gasteiger partial charge in [0.25, 0.3) is 0 Å². The summed E-state index contributed by atoms with van der Waals surface area (Å²) in [6.45, 7) is 0. The maximum absolute atomic E-state index is 5.91.